The van der Waals surface area contributed by atoms with Gasteiger partial charge < -0.3 is 4.98 Å². The second-order valence-corrected chi connectivity index (χ2v) is 5.92. The highest BCUT2D eigenvalue weighted by atomic mass is 16.1. The third-order valence-corrected chi connectivity index (χ3v) is 4.09. The van der Waals surface area contributed by atoms with Crippen molar-refractivity contribution >= 4 is 0 Å². The number of aromatic amines is 1. The third-order valence-electron chi connectivity index (χ3n) is 4.09. The van der Waals surface area contributed by atoms with E-state index in [1.54, 1.807) is 6.07 Å². The van der Waals surface area contributed by atoms with Gasteiger partial charge in [0.2, 0.25) is 0 Å². The SMILES string of the molecule is CC(C)c1nc(-c2ccc(C3CCC3)cc2)cc(=O)[nH]1. The molecule has 0 spiro atoms. The van der Waals surface area contributed by atoms with E-state index in [4.69, 9.17) is 0 Å². The Morgan fingerprint density at radius 1 is 1.20 bits per heavy atom. The molecule has 0 bridgehead atoms. The minimum Gasteiger partial charge on any atom is -0.310 e. The summed E-state index contributed by atoms with van der Waals surface area (Å²) in [5, 5.41) is 0. The van der Waals surface area contributed by atoms with Crippen LogP contribution in [-0.4, -0.2) is 9.97 Å². The summed E-state index contributed by atoms with van der Waals surface area (Å²) in [7, 11) is 0. The van der Waals surface area contributed by atoms with E-state index in [0.29, 0.717) is 0 Å². The third kappa shape index (κ3) is 2.53. The standard InChI is InChI=1S/C17H20N2O/c1-11(2)17-18-15(10-16(20)19-17)14-8-6-13(7-9-14)12-4-3-5-12/h6-12H,3-5H2,1-2H3,(H,18,19,20). The maximum Gasteiger partial charge on any atom is 0.251 e. The van der Waals surface area contributed by atoms with Crippen LogP contribution in [0, 0.1) is 0 Å². The maximum absolute atomic E-state index is 11.7. The van der Waals surface area contributed by atoms with E-state index in [-0.39, 0.29) is 11.5 Å². The zero-order valence-corrected chi connectivity index (χ0v) is 12.0. The molecule has 1 aromatic carbocycles. The molecule has 0 saturated heterocycles. The highest BCUT2D eigenvalue weighted by Crippen LogP contribution is 2.36. The van der Waals surface area contributed by atoms with Crippen molar-refractivity contribution in [1.82, 2.24) is 9.97 Å². The summed E-state index contributed by atoms with van der Waals surface area (Å²) in [4.78, 5) is 19.1. The van der Waals surface area contributed by atoms with E-state index < -0.39 is 0 Å². The number of hydrogen-bond donors (Lipinski definition) is 1. The summed E-state index contributed by atoms with van der Waals surface area (Å²) in [5.74, 6) is 1.70. The van der Waals surface area contributed by atoms with Crippen molar-refractivity contribution < 1.29 is 0 Å². The Kier molecular flexibility index (Phi) is 3.43. The van der Waals surface area contributed by atoms with Gasteiger partial charge in [-0.05, 0) is 24.3 Å². The van der Waals surface area contributed by atoms with Crippen molar-refractivity contribution in [3.8, 4) is 11.3 Å². The number of aromatic nitrogens is 2. The summed E-state index contributed by atoms with van der Waals surface area (Å²) in [6, 6.07) is 10.1. The predicted octanol–water partition coefficient (Wildman–Crippen LogP) is 3.83. The fourth-order valence-electron chi connectivity index (χ4n) is 2.57. The van der Waals surface area contributed by atoms with Crippen LogP contribution in [0.15, 0.2) is 35.1 Å². The second kappa shape index (κ2) is 5.23. The van der Waals surface area contributed by atoms with Gasteiger partial charge in [-0.15, -0.1) is 0 Å². The van der Waals surface area contributed by atoms with Gasteiger partial charge in [0.25, 0.3) is 5.56 Å². The zero-order chi connectivity index (χ0) is 14.1. The summed E-state index contributed by atoms with van der Waals surface area (Å²) in [5.41, 5.74) is 3.11. The molecule has 3 nitrogen and oxygen atoms in total. The molecule has 3 rings (SSSR count). The number of H-pyrrole nitrogens is 1. The Morgan fingerprint density at radius 3 is 2.45 bits per heavy atom. The predicted molar refractivity (Wildman–Crippen MR) is 81.0 cm³/mol. The van der Waals surface area contributed by atoms with Crippen molar-refractivity contribution in [3.63, 3.8) is 0 Å². The van der Waals surface area contributed by atoms with Crippen molar-refractivity contribution in [3.05, 3.63) is 52.1 Å². The summed E-state index contributed by atoms with van der Waals surface area (Å²) < 4.78 is 0. The lowest BCUT2D eigenvalue weighted by atomic mass is 9.80. The van der Waals surface area contributed by atoms with Crippen LogP contribution in [0.3, 0.4) is 0 Å². The van der Waals surface area contributed by atoms with Gasteiger partial charge in [0.1, 0.15) is 5.82 Å². The smallest absolute Gasteiger partial charge is 0.251 e. The second-order valence-electron chi connectivity index (χ2n) is 5.92. The van der Waals surface area contributed by atoms with Crippen molar-refractivity contribution in [2.75, 3.05) is 0 Å². The Morgan fingerprint density at radius 2 is 1.90 bits per heavy atom. The number of hydrogen-bond acceptors (Lipinski definition) is 2. The molecule has 1 aliphatic carbocycles. The van der Waals surface area contributed by atoms with E-state index in [1.165, 1.54) is 24.8 Å². The first-order chi connectivity index (χ1) is 9.63. The van der Waals surface area contributed by atoms with Crippen molar-refractivity contribution in [1.29, 1.82) is 0 Å². The van der Waals surface area contributed by atoms with Crippen LogP contribution in [0.4, 0.5) is 0 Å². The van der Waals surface area contributed by atoms with Crippen LogP contribution in [0.25, 0.3) is 11.3 Å². The van der Waals surface area contributed by atoms with Gasteiger partial charge >= 0.3 is 0 Å². The Bertz CT molecular complexity index is 651. The molecule has 1 aromatic heterocycles. The van der Waals surface area contributed by atoms with Gasteiger partial charge in [0.15, 0.2) is 0 Å². The van der Waals surface area contributed by atoms with Gasteiger partial charge in [-0.2, -0.15) is 0 Å². The number of nitrogens with zero attached hydrogens (tertiary/aromatic N) is 1. The van der Waals surface area contributed by atoms with Crippen LogP contribution in [0.2, 0.25) is 0 Å². The topological polar surface area (TPSA) is 45.8 Å². The van der Waals surface area contributed by atoms with Crippen LogP contribution in [0.1, 0.15) is 56.3 Å². The summed E-state index contributed by atoms with van der Waals surface area (Å²) in [6.45, 7) is 4.06. The van der Waals surface area contributed by atoms with Crippen LogP contribution in [0.5, 0.6) is 0 Å². The molecule has 0 atom stereocenters. The lowest BCUT2D eigenvalue weighted by Gasteiger charge is -2.25. The first-order valence-electron chi connectivity index (χ1n) is 7.35. The Labute approximate surface area is 119 Å². The molecule has 1 saturated carbocycles. The average Bonchev–Trinajstić information content (AvgIpc) is 2.37. The molecule has 1 fully saturated rings. The highest BCUT2D eigenvalue weighted by Gasteiger charge is 2.19. The molecule has 1 heterocycles. The quantitative estimate of drug-likeness (QED) is 0.919. The van der Waals surface area contributed by atoms with Gasteiger partial charge in [0, 0.05) is 17.5 Å². The Balaban J connectivity index is 1.93. The molecule has 20 heavy (non-hydrogen) atoms. The molecular weight excluding hydrogens is 248 g/mol. The molecule has 0 aliphatic heterocycles. The fraction of sp³-hybridized carbons (Fsp3) is 0.412. The minimum atomic E-state index is -0.0817. The molecule has 2 aromatic rings. The van der Waals surface area contributed by atoms with Crippen LogP contribution < -0.4 is 5.56 Å². The van der Waals surface area contributed by atoms with Crippen LogP contribution >= 0.6 is 0 Å². The molecular formula is C17H20N2O. The molecule has 3 heteroatoms. The van der Waals surface area contributed by atoms with Gasteiger partial charge in [0.05, 0.1) is 5.69 Å². The van der Waals surface area contributed by atoms with E-state index in [2.05, 4.69) is 34.2 Å². The van der Waals surface area contributed by atoms with Crippen LogP contribution in [-0.2, 0) is 0 Å². The maximum atomic E-state index is 11.7. The average molecular weight is 268 g/mol. The molecule has 0 amide bonds. The molecule has 1 N–H and O–H groups in total. The number of nitrogens with one attached hydrogen (secondary N) is 1. The van der Waals surface area contributed by atoms with Gasteiger partial charge in [-0.25, -0.2) is 4.98 Å². The molecule has 1 aliphatic rings. The van der Waals surface area contributed by atoms with Crippen molar-refractivity contribution in [2.24, 2.45) is 0 Å². The van der Waals surface area contributed by atoms with Gasteiger partial charge in [-0.1, -0.05) is 44.5 Å². The fourth-order valence-corrected chi connectivity index (χ4v) is 2.57. The minimum absolute atomic E-state index is 0.0817. The monoisotopic (exact) mass is 268 g/mol. The lowest BCUT2D eigenvalue weighted by molar-refractivity contribution is 0.420. The number of benzene rings is 1. The summed E-state index contributed by atoms with van der Waals surface area (Å²) >= 11 is 0. The molecule has 0 unspecified atom stereocenters. The highest BCUT2D eigenvalue weighted by molar-refractivity contribution is 5.59. The van der Waals surface area contributed by atoms with E-state index in [1.807, 2.05) is 13.8 Å². The lowest BCUT2D eigenvalue weighted by Crippen LogP contribution is -2.12. The number of rotatable bonds is 3. The summed E-state index contributed by atoms with van der Waals surface area (Å²) in [6.07, 6.45) is 3.96. The first-order valence-corrected chi connectivity index (χ1v) is 7.35. The normalized spacial score (nSPS) is 15.3. The zero-order valence-electron chi connectivity index (χ0n) is 12.0. The Hall–Kier alpha value is -1.90. The first kappa shape index (κ1) is 13.1. The molecule has 104 valence electrons. The van der Waals surface area contributed by atoms with E-state index in [9.17, 15) is 4.79 Å². The largest absolute Gasteiger partial charge is 0.310 e. The van der Waals surface area contributed by atoms with E-state index in [0.717, 1.165) is 23.0 Å². The van der Waals surface area contributed by atoms with Crippen molar-refractivity contribution in [2.45, 2.75) is 44.9 Å². The van der Waals surface area contributed by atoms with Gasteiger partial charge in [-0.3, -0.25) is 4.79 Å². The van der Waals surface area contributed by atoms with E-state index >= 15 is 0 Å². The molecule has 0 radical (unpaired) electrons.